The molecule has 3 aliphatic heterocycles. The van der Waals surface area contributed by atoms with Crippen LogP contribution in [0.15, 0.2) is 64.7 Å². The molecule has 4 heterocycles. The average Bonchev–Trinajstić information content (AvgIpc) is 3.30. The first-order chi connectivity index (χ1) is 16.7. The topological polar surface area (TPSA) is 67.5 Å². The summed E-state index contributed by atoms with van der Waals surface area (Å²) in [4.78, 5) is 13.4. The molecule has 0 N–H and O–H groups in total. The van der Waals surface area contributed by atoms with E-state index in [-0.39, 0.29) is 5.82 Å². The van der Waals surface area contributed by atoms with Crippen LogP contribution in [0.3, 0.4) is 0 Å². The van der Waals surface area contributed by atoms with Crippen LogP contribution >= 0.6 is 0 Å². The number of aromatic nitrogens is 2. The average molecular weight is 458 g/mol. The number of aryl methyl sites for hydroxylation is 1. The van der Waals surface area contributed by atoms with Gasteiger partial charge in [-0.1, -0.05) is 0 Å². The minimum Gasteiger partial charge on any atom is -0.488 e. The summed E-state index contributed by atoms with van der Waals surface area (Å²) in [6.45, 7) is 4.99. The quantitative estimate of drug-likeness (QED) is 0.598. The van der Waals surface area contributed by atoms with Gasteiger partial charge in [0.1, 0.15) is 18.2 Å². The third kappa shape index (κ3) is 3.59. The molecular formula is C25H23FN6O2. The molecule has 8 nitrogen and oxygen atoms in total. The Bertz CT molecular complexity index is 1330. The van der Waals surface area contributed by atoms with Crippen molar-refractivity contribution in [3.8, 4) is 11.4 Å². The van der Waals surface area contributed by atoms with Gasteiger partial charge in [0, 0.05) is 17.3 Å². The van der Waals surface area contributed by atoms with E-state index in [1.54, 1.807) is 18.5 Å². The van der Waals surface area contributed by atoms with Crippen LogP contribution in [0.4, 0.5) is 10.1 Å². The number of benzene rings is 2. The summed E-state index contributed by atoms with van der Waals surface area (Å²) in [6.07, 6.45) is 7.23. The van der Waals surface area contributed by atoms with Crippen LogP contribution in [0.25, 0.3) is 11.8 Å². The maximum atomic E-state index is 13.5. The van der Waals surface area contributed by atoms with Crippen molar-refractivity contribution < 1.29 is 13.9 Å². The third-order valence-electron chi connectivity index (χ3n) is 6.05. The van der Waals surface area contributed by atoms with Crippen LogP contribution in [0.1, 0.15) is 16.8 Å². The zero-order valence-electron chi connectivity index (χ0n) is 18.7. The number of hydrogen-bond acceptors (Lipinski definition) is 7. The van der Waals surface area contributed by atoms with Crippen LogP contribution in [-0.2, 0) is 11.3 Å². The highest BCUT2D eigenvalue weighted by Gasteiger charge is 2.31. The summed E-state index contributed by atoms with van der Waals surface area (Å²) in [6, 6.07) is 10.6. The molecule has 172 valence electrons. The van der Waals surface area contributed by atoms with Gasteiger partial charge >= 0.3 is 0 Å². The predicted molar refractivity (Wildman–Crippen MR) is 128 cm³/mol. The maximum absolute atomic E-state index is 13.5. The lowest BCUT2D eigenvalue weighted by atomic mass is 10.0. The molecule has 0 spiro atoms. The molecule has 0 bridgehead atoms. The standard InChI is InChI=1S/C25H23FN6O2/c1-17-14-30(15-29-17)22-7-2-18(24-21(22)13-27-16-34-24)12-23-25-28-8-9-31(32(25)10-11-33-23)20-5-3-19(26)4-6-20/h2-7,12,14-16H,8-11,13H2,1H3/b23-12-. The number of hydrogen-bond donors (Lipinski definition) is 0. The molecule has 6 rings (SSSR count). The predicted octanol–water partition coefficient (Wildman–Crippen LogP) is 3.75. The van der Waals surface area contributed by atoms with Crippen molar-refractivity contribution in [3.05, 3.63) is 77.3 Å². The molecule has 0 saturated carbocycles. The van der Waals surface area contributed by atoms with E-state index in [0.29, 0.717) is 32.0 Å². The number of anilines is 1. The van der Waals surface area contributed by atoms with Crippen molar-refractivity contribution in [2.75, 3.05) is 31.3 Å². The van der Waals surface area contributed by atoms with E-state index in [0.717, 1.165) is 46.3 Å². The Morgan fingerprint density at radius 3 is 2.76 bits per heavy atom. The van der Waals surface area contributed by atoms with Crippen molar-refractivity contribution in [1.29, 1.82) is 0 Å². The number of imidazole rings is 1. The van der Waals surface area contributed by atoms with Crippen LogP contribution in [0, 0.1) is 12.7 Å². The number of ether oxygens (including phenoxy) is 2. The number of amidine groups is 1. The van der Waals surface area contributed by atoms with E-state index >= 15 is 0 Å². The highest BCUT2D eigenvalue weighted by Crippen LogP contribution is 2.35. The molecule has 1 fully saturated rings. The van der Waals surface area contributed by atoms with Gasteiger partial charge in [-0.2, -0.15) is 0 Å². The lowest BCUT2D eigenvalue weighted by Crippen LogP contribution is -2.55. The third-order valence-corrected chi connectivity index (χ3v) is 6.05. The number of halogens is 1. The minimum absolute atomic E-state index is 0.250. The molecule has 3 aromatic rings. The van der Waals surface area contributed by atoms with E-state index < -0.39 is 0 Å². The van der Waals surface area contributed by atoms with Crippen LogP contribution in [0.5, 0.6) is 5.75 Å². The Kier molecular flexibility index (Phi) is 5.01. The van der Waals surface area contributed by atoms with Gasteiger partial charge in [0.25, 0.3) is 0 Å². The van der Waals surface area contributed by atoms with Gasteiger partial charge in [0.15, 0.2) is 18.0 Å². The summed E-state index contributed by atoms with van der Waals surface area (Å²) >= 11 is 0. The zero-order valence-corrected chi connectivity index (χ0v) is 18.7. The number of fused-ring (bicyclic) bond motifs is 2. The summed E-state index contributed by atoms with van der Waals surface area (Å²) in [5, 5.41) is 4.23. The zero-order chi connectivity index (χ0) is 23.1. The Morgan fingerprint density at radius 2 is 1.94 bits per heavy atom. The Hall–Kier alpha value is -4.14. The Balaban J connectivity index is 1.37. The minimum atomic E-state index is -0.250. The maximum Gasteiger partial charge on any atom is 0.185 e. The smallest absolute Gasteiger partial charge is 0.185 e. The van der Waals surface area contributed by atoms with Gasteiger partial charge in [0.2, 0.25) is 0 Å². The summed E-state index contributed by atoms with van der Waals surface area (Å²) < 4.78 is 27.4. The fraction of sp³-hybridized carbons (Fsp3) is 0.240. The molecular weight excluding hydrogens is 435 g/mol. The SMILES string of the molecule is Cc1cn(-c2ccc(/C=C3\OCCN4C3=NCCN4c3ccc(F)cc3)c3c2CN=CO3)cn1. The van der Waals surface area contributed by atoms with Gasteiger partial charge < -0.3 is 14.0 Å². The van der Waals surface area contributed by atoms with Crippen molar-refractivity contribution >= 4 is 24.0 Å². The van der Waals surface area contributed by atoms with E-state index in [4.69, 9.17) is 14.5 Å². The summed E-state index contributed by atoms with van der Waals surface area (Å²) in [7, 11) is 0. The Morgan fingerprint density at radius 1 is 1.06 bits per heavy atom. The Labute approximate surface area is 196 Å². The molecule has 3 aliphatic rings. The monoisotopic (exact) mass is 458 g/mol. The van der Waals surface area contributed by atoms with Crippen molar-refractivity contribution in [2.24, 2.45) is 9.98 Å². The normalized spacial score (nSPS) is 18.2. The van der Waals surface area contributed by atoms with Crippen molar-refractivity contribution in [2.45, 2.75) is 13.5 Å². The summed E-state index contributed by atoms with van der Waals surface area (Å²) in [5.41, 5.74) is 4.72. The fourth-order valence-corrected chi connectivity index (χ4v) is 4.49. The molecule has 0 unspecified atom stereocenters. The lowest BCUT2D eigenvalue weighted by molar-refractivity contribution is 0.160. The first-order valence-corrected chi connectivity index (χ1v) is 11.2. The summed E-state index contributed by atoms with van der Waals surface area (Å²) in [5.74, 6) is 1.94. The van der Waals surface area contributed by atoms with Gasteiger partial charge in [-0.15, -0.1) is 0 Å². The highest BCUT2D eigenvalue weighted by atomic mass is 19.1. The second kappa shape index (κ2) is 8.33. The van der Waals surface area contributed by atoms with Crippen molar-refractivity contribution in [1.82, 2.24) is 14.6 Å². The van der Waals surface area contributed by atoms with Gasteiger partial charge in [-0.05, 0) is 49.4 Å². The van der Waals surface area contributed by atoms with E-state index in [1.807, 2.05) is 35.9 Å². The van der Waals surface area contributed by atoms with Crippen LogP contribution in [0.2, 0.25) is 0 Å². The molecule has 2 aromatic carbocycles. The molecule has 9 heteroatoms. The second-order valence-corrected chi connectivity index (χ2v) is 8.25. The van der Waals surface area contributed by atoms with Gasteiger partial charge in [-0.25, -0.2) is 9.37 Å². The van der Waals surface area contributed by atoms with Gasteiger partial charge in [-0.3, -0.25) is 20.0 Å². The number of rotatable bonds is 3. The highest BCUT2D eigenvalue weighted by molar-refractivity contribution is 6.02. The van der Waals surface area contributed by atoms with E-state index in [9.17, 15) is 4.39 Å². The van der Waals surface area contributed by atoms with Gasteiger partial charge in [0.05, 0.1) is 49.6 Å². The number of hydrazine groups is 1. The number of nitrogens with zero attached hydrogens (tertiary/aromatic N) is 6. The van der Waals surface area contributed by atoms with E-state index in [1.165, 1.54) is 18.5 Å². The molecule has 1 saturated heterocycles. The molecule has 1 aromatic heterocycles. The number of morpholine rings is 1. The molecule has 0 aliphatic carbocycles. The van der Waals surface area contributed by atoms with Crippen LogP contribution < -0.4 is 9.75 Å². The molecule has 34 heavy (non-hydrogen) atoms. The number of aliphatic imine (C=N–C) groups is 2. The first kappa shape index (κ1) is 20.5. The first-order valence-electron chi connectivity index (χ1n) is 11.2. The largest absolute Gasteiger partial charge is 0.488 e. The van der Waals surface area contributed by atoms with E-state index in [2.05, 4.69) is 20.0 Å². The molecule has 0 amide bonds. The second-order valence-electron chi connectivity index (χ2n) is 8.25. The van der Waals surface area contributed by atoms with Crippen molar-refractivity contribution in [3.63, 3.8) is 0 Å². The molecule has 0 atom stereocenters. The van der Waals surface area contributed by atoms with Crippen LogP contribution in [-0.4, -0.2) is 53.0 Å². The molecule has 0 radical (unpaired) electrons. The fourth-order valence-electron chi connectivity index (χ4n) is 4.49. The lowest BCUT2D eigenvalue weighted by Gasteiger charge is -2.43.